The van der Waals surface area contributed by atoms with Crippen molar-refractivity contribution < 1.29 is 14.3 Å². The maximum Gasteiger partial charge on any atom is 0.276 e. The Balaban J connectivity index is 1.46. The minimum Gasteiger partial charge on any atom is -0.377 e. The smallest absolute Gasteiger partial charge is 0.276 e. The highest BCUT2D eigenvalue weighted by molar-refractivity contribution is 5.93. The molecule has 1 aliphatic heterocycles. The van der Waals surface area contributed by atoms with E-state index in [9.17, 15) is 4.79 Å². The van der Waals surface area contributed by atoms with Crippen molar-refractivity contribution in [1.29, 1.82) is 0 Å². The van der Waals surface area contributed by atoms with Gasteiger partial charge in [0.2, 0.25) is 0 Å². The molecule has 2 aromatic carbocycles. The molecule has 0 spiro atoms. The molecule has 1 saturated heterocycles. The van der Waals surface area contributed by atoms with Gasteiger partial charge in [0.25, 0.3) is 5.91 Å². The number of nitrogens with zero attached hydrogens (tertiary/aromatic N) is 4. The summed E-state index contributed by atoms with van der Waals surface area (Å²) in [5.74, 6) is -0.166. The van der Waals surface area contributed by atoms with Crippen LogP contribution in [0.1, 0.15) is 33.7 Å². The van der Waals surface area contributed by atoms with Crippen LogP contribution in [0.25, 0.3) is 11.1 Å². The lowest BCUT2D eigenvalue weighted by Crippen LogP contribution is -2.31. The van der Waals surface area contributed by atoms with Gasteiger partial charge in [-0.15, -0.1) is 5.10 Å². The molecule has 0 unspecified atom stereocenters. The first kappa shape index (κ1) is 18.0. The number of methoxy groups -OCH3 is 1. The summed E-state index contributed by atoms with van der Waals surface area (Å²) in [4.78, 5) is 15.0. The third kappa shape index (κ3) is 2.85. The molecule has 0 radical (unpaired) electrons. The molecule has 0 N–H and O–H groups in total. The standard InChI is InChI=1S/C22H22N4O3/c1-25(21-16-9-5-3-7-14(16)15-8-4-6-10-17(15)21)22(27)18-11-26(24-23-18)19-12-29-13-20(19)28-2/h3-11,19-21H,12-13H2,1-2H3/t19-,20-/m1/s1. The fourth-order valence-corrected chi connectivity index (χ4v) is 4.38. The number of aromatic nitrogens is 3. The Hall–Kier alpha value is -3.03. The highest BCUT2D eigenvalue weighted by Gasteiger charge is 2.35. The van der Waals surface area contributed by atoms with Gasteiger partial charge in [-0.25, -0.2) is 4.68 Å². The summed E-state index contributed by atoms with van der Waals surface area (Å²) in [6.45, 7) is 1.01. The van der Waals surface area contributed by atoms with Gasteiger partial charge in [0.15, 0.2) is 5.69 Å². The summed E-state index contributed by atoms with van der Waals surface area (Å²) < 4.78 is 12.6. The molecular weight excluding hydrogens is 368 g/mol. The van der Waals surface area contributed by atoms with Gasteiger partial charge in [0, 0.05) is 14.2 Å². The van der Waals surface area contributed by atoms with Crippen molar-refractivity contribution in [3.63, 3.8) is 0 Å². The van der Waals surface area contributed by atoms with E-state index >= 15 is 0 Å². The van der Waals surface area contributed by atoms with E-state index < -0.39 is 0 Å². The van der Waals surface area contributed by atoms with Crippen molar-refractivity contribution >= 4 is 5.91 Å². The van der Waals surface area contributed by atoms with Crippen molar-refractivity contribution in [3.05, 3.63) is 71.5 Å². The van der Waals surface area contributed by atoms with Gasteiger partial charge in [-0.1, -0.05) is 53.7 Å². The van der Waals surface area contributed by atoms with Crippen molar-refractivity contribution in [3.8, 4) is 11.1 Å². The fourth-order valence-electron chi connectivity index (χ4n) is 4.38. The second-order valence-corrected chi connectivity index (χ2v) is 7.46. The summed E-state index contributed by atoms with van der Waals surface area (Å²) in [5, 5.41) is 8.32. The van der Waals surface area contributed by atoms with E-state index in [4.69, 9.17) is 9.47 Å². The first-order chi connectivity index (χ1) is 14.2. The molecular formula is C22H22N4O3. The zero-order valence-corrected chi connectivity index (χ0v) is 16.4. The van der Waals surface area contributed by atoms with E-state index in [0.29, 0.717) is 18.9 Å². The number of carbonyl (C=O) groups is 1. The monoisotopic (exact) mass is 390 g/mol. The van der Waals surface area contributed by atoms with Gasteiger partial charge in [-0.3, -0.25) is 4.79 Å². The van der Waals surface area contributed by atoms with Crippen LogP contribution in [0.4, 0.5) is 0 Å². The maximum atomic E-state index is 13.3. The van der Waals surface area contributed by atoms with Gasteiger partial charge < -0.3 is 14.4 Å². The number of fused-ring (bicyclic) bond motifs is 3. The molecule has 3 aromatic rings. The Labute approximate surface area is 168 Å². The lowest BCUT2D eigenvalue weighted by molar-refractivity contribution is 0.0661. The molecule has 148 valence electrons. The van der Waals surface area contributed by atoms with Crippen LogP contribution in [0.3, 0.4) is 0 Å². The van der Waals surface area contributed by atoms with Gasteiger partial charge in [-0.05, 0) is 22.3 Å². The van der Waals surface area contributed by atoms with E-state index in [1.54, 1.807) is 22.9 Å². The van der Waals surface area contributed by atoms with Crippen LogP contribution in [-0.4, -0.2) is 59.3 Å². The van der Waals surface area contributed by atoms with Crippen LogP contribution in [0.2, 0.25) is 0 Å². The quantitative estimate of drug-likeness (QED) is 0.685. The second kappa shape index (κ2) is 7.09. The molecule has 7 heteroatoms. The Morgan fingerprint density at radius 1 is 1.10 bits per heavy atom. The minimum absolute atomic E-state index is 0.0766. The Bertz CT molecular complexity index is 1020. The highest BCUT2D eigenvalue weighted by Crippen LogP contribution is 2.45. The zero-order valence-electron chi connectivity index (χ0n) is 16.4. The lowest BCUT2D eigenvalue weighted by atomic mass is 10.0. The van der Waals surface area contributed by atoms with Crippen LogP contribution in [-0.2, 0) is 9.47 Å². The molecule has 1 fully saturated rings. The molecule has 29 heavy (non-hydrogen) atoms. The van der Waals surface area contributed by atoms with E-state index in [1.165, 1.54) is 11.1 Å². The molecule has 2 atom stereocenters. The molecule has 1 aliphatic carbocycles. The largest absolute Gasteiger partial charge is 0.377 e. The minimum atomic E-state index is -0.166. The zero-order chi connectivity index (χ0) is 20.0. The second-order valence-electron chi connectivity index (χ2n) is 7.46. The Morgan fingerprint density at radius 2 is 1.76 bits per heavy atom. The van der Waals surface area contributed by atoms with Crippen LogP contribution < -0.4 is 0 Å². The molecule has 5 rings (SSSR count). The summed E-state index contributed by atoms with van der Waals surface area (Å²) in [5.41, 5.74) is 4.90. The lowest BCUT2D eigenvalue weighted by Gasteiger charge is -2.25. The van der Waals surface area contributed by atoms with Crippen LogP contribution in [0.15, 0.2) is 54.7 Å². The molecule has 0 bridgehead atoms. The third-order valence-electron chi connectivity index (χ3n) is 5.88. The Morgan fingerprint density at radius 3 is 2.41 bits per heavy atom. The number of rotatable bonds is 4. The predicted octanol–water partition coefficient (Wildman–Crippen LogP) is 2.71. The van der Waals surface area contributed by atoms with Crippen molar-refractivity contribution in [1.82, 2.24) is 19.9 Å². The Kier molecular flexibility index (Phi) is 4.41. The molecule has 1 aromatic heterocycles. The molecule has 1 amide bonds. The van der Waals surface area contributed by atoms with E-state index in [0.717, 1.165) is 11.1 Å². The summed E-state index contributed by atoms with van der Waals surface area (Å²) in [6.07, 6.45) is 1.60. The predicted molar refractivity (Wildman–Crippen MR) is 106 cm³/mol. The average molecular weight is 390 g/mol. The topological polar surface area (TPSA) is 69.5 Å². The van der Waals surface area contributed by atoms with Crippen molar-refractivity contribution in [2.24, 2.45) is 0 Å². The molecule has 2 heterocycles. The van der Waals surface area contributed by atoms with Crippen LogP contribution >= 0.6 is 0 Å². The average Bonchev–Trinajstić information content (AvgIpc) is 3.49. The summed E-state index contributed by atoms with van der Waals surface area (Å²) in [6, 6.07) is 16.2. The van der Waals surface area contributed by atoms with E-state index in [-0.39, 0.29) is 24.1 Å². The van der Waals surface area contributed by atoms with Crippen molar-refractivity contribution in [2.45, 2.75) is 18.2 Å². The van der Waals surface area contributed by atoms with Gasteiger partial charge in [-0.2, -0.15) is 0 Å². The maximum absolute atomic E-state index is 13.3. The number of hydrogen-bond donors (Lipinski definition) is 0. The van der Waals surface area contributed by atoms with E-state index in [2.05, 4.69) is 34.6 Å². The van der Waals surface area contributed by atoms with Gasteiger partial charge >= 0.3 is 0 Å². The number of amides is 1. The number of carbonyl (C=O) groups excluding carboxylic acids is 1. The number of benzene rings is 2. The first-order valence-electron chi connectivity index (χ1n) is 9.67. The molecule has 0 saturated carbocycles. The SMILES string of the molecule is CO[C@@H]1COC[C@H]1n1cc(C(=O)N(C)C2c3ccccc3-c3ccccc32)nn1. The van der Waals surface area contributed by atoms with Crippen molar-refractivity contribution in [2.75, 3.05) is 27.4 Å². The summed E-state index contributed by atoms with van der Waals surface area (Å²) in [7, 11) is 3.47. The first-order valence-corrected chi connectivity index (χ1v) is 9.67. The number of hydrogen-bond acceptors (Lipinski definition) is 5. The molecule has 7 nitrogen and oxygen atoms in total. The van der Waals surface area contributed by atoms with Gasteiger partial charge in [0.1, 0.15) is 12.1 Å². The van der Waals surface area contributed by atoms with Crippen LogP contribution in [0.5, 0.6) is 0 Å². The van der Waals surface area contributed by atoms with E-state index in [1.807, 2.05) is 31.3 Å². The normalized spacial score (nSPS) is 20.5. The highest BCUT2D eigenvalue weighted by atomic mass is 16.5. The van der Waals surface area contributed by atoms with Crippen LogP contribution in [0, 0.1) is 0 Å². The van der Waals surface area contributed by atoms with Gasteiger partial charge in [0.05, 0.1) is 25.5 Å². The fraction of sp³-hybridized carbons (Fsp3) is 0.318. The third-order valence-corrected chi connectivity index (χ3v) is 5.88. The number of ether oxygens (including phenoxy) is 2. The molecule has 2 aliphatic rings. The summed E-state index contributed by atoms with van der Waals surface area (Å²) >= 11 is 0.